The molecule has 0 atom stereocenters. The number of aromatic nitrogens is 2. The molecule has 3 aromatic rings. The summed E-state index contributed by atoms with van der Waals surface area (Å²) in [5.74, 6) is 6.12. The van der Waals surface area contributed by atoms with E-state index in [1.807, 2.05) is 6.92 Å². The van der Waals surface area contributed by atoms with Gasteiger partial charge in [-0.1, -0.05) is 24.1 Å². The van der Waals surface area contributed by atoms with E-state index in [1.54, 1.807) is 68.7 Å². The number of aromatic hydroxyl groups is 1. The molecule has 142 valence electrons. The van der Waals surface area contributed by atoms with E-state index in [-0.39, 0.29) is 10.6 Å². The Morgan fingerprint density at radius 1 is 1.00 bits per heavy atom. The van der Waals surface area contributed by atoms with Gasteiger partial charge in [0.1, 0.15) is 11.4 Å². The van der Waals surface area contributed by atoms with Crippen molar-refractivity contribution in [1.29, 1.82) is 0 Å². The summed E-state index contributed by atoms with van der Waals surface area (Å²) < 4.78 is 24.5. The quantitative estimate of drug-likeness (QED) is 0.687. The minimum atomic E-state index is -3.31. The second-order valence-corrected chi connectivity index (χ2v) is 9.16. The number of benzene rings is 2. The third kappa shape index (κ3) is 4.21. The zero-order valence-electron chi connectivity index (χ0n) is 15.8. The molecule has 0 unspecified atom stereocenters. The number of hydrogen-bond donors (Lipinski definition) is 1. The molecule has 0 bridgehead atoms. The molecular weight excluding hydrogens is 372 g/mol. The van der Waals surface area contributed by atoms with Crippen molar-refractivity contribution in [2.45, 2.75) is 30.9 Å². The Morgan fingerprint density at radius 2 is 1.71 bits per heavy atom. The van der Waals surface area contributed by atoms with Crippen molar-refractivity contribution in [3.8, 4) is 28.8 Å². The normalized spacial score (nSPS) is 11.1. The Bertz CT molecular complexity index is 1170. The summed E-state index contributed by atoms with van der Waals surface area (Å²) in [6.07, 6.45) is 3.17. The second kappa shape index (κ2) is 7.83. The third-order valence-corrected chi connectivity index (χ3v) is 6.45. The smallest absolute Gasteiger partial charge is 0.180 e. The standard InChI is InChI=1S/C22H20N2O3S/c1-15(2)28(26,27)21-10-6-17(7-11-21)22-14-23-13-19(24-22)8-5-18-12-20(25)9-4-16(18)3/h4,6-7,9-15,25H,1-3H3. The lowest BCUT2D eigenvalue weighted by Gasteiger charge is -2.08. The molecular formula is C22H20N2O3S. The first kappa shape index (κ1) is 19.6. The Morgan fingerprint density at radius 3 is 2.39 bits per heavy atom. The topological polar surface area (TPSA) is 80.2 Å². The molecule has 0 aliphatic rings. The molecule has 1 aromatic heterocycles. The van der Waals surface area contributed by atoms with Gasteiger partial charge in [-0.3, -0.25) is 4.98 Å². The number of sulfone groups is 1. The molecule has 0 amide bonds. The van der Waals surface area contributed by atoms with Crippen LogP contribution < -0.4 is 0 Å². The van der Waals surface area contributed by atoms with Crippen molar-refractivity contribution in [3.05, 3.63) is 71.7 Å². The number of nitrogens with zero attached hydrogens (tertiary/aromatic N) is 2. The van der Waals surface area contributed by atoms with E-state index in [4.69, 9.17) is 0 Å². The summed E-state index contributed by atoms with van der Waals surface area (Å²) in [6, 6.07) is 11.6. The van der Waals surface area contributed by atoms with E-state index in [1.165, 1.54) is 0 Å². The molecule has 0 radical (unpaired) electrons. The van der Waals surface area contributed by atoms with Crippen LogP contribution in [0.2, 0.25) is 0 Å². The molecule has 1 N–H and O–H groups in total. The molecule has 0 aliphatic heterocycles. The van der Waals surface area contributed by atoms with Crippen molar-refractivity contribution in [2.24, 2.45) is 0 Å². The molecule has 0 saturated heterocycles. The fourth-order valence-corrected chi connectivity index (χ4v) is 3.59. The predicted octanol–water partition coefficient (Wildman–Crippen LogP) is 3.74. The highest BCUT2D eigenvalue weighted by Gasteiger charge is 2.18. The molecule has 3 rings (SSSR count). The minimum Gasteiger partial charge on any atom is -0.508 e. The summed E-state index contributed by atoms with van der Waals surface area (Å²) in [5, 5.41) is 9.13. The largest absolute Gasteiger partial charge is 0.508 e. The lowest BCUT2D eigenvalue weighted by atomic mass is 10.1. The Kier molecular flexibility index (Phi) is 5.48. The Labute approximate surface area is 165 Å². The van der Waals surface area contributed by atoms with Gasteiger partial charge in [0.15, 0.2) is 9.84 Å². The minimum absolute atomic E-state index is 0.158. The summed E-state index contributed by atoms with van der Waals surface area (Å²) in [6.45, 7) is 5.23. The maximum Gasteiger partial charge on any atom is 0.180 e. The number of hydrogen-bond acceptors (Lipinski definition) is 5. The first-order chi connectivity index (χ1) is 13.3. The van der Waals surface area contributed by atoms with E-state index < -0.39 is 15.1 Å². The molecule has 0 saturated carbocycles. The molecule has 0 aliphatic carbocycles. The molecule has 0 fully saturated rings. The van der Waals surface area contributed by atoms with Crippen LogP contribution >= 0.6 is 0 Å². The summed E-state index contributed by atoms with van der Waals surface area (Å²) >= 11 is 0. The maximum absolute atomic E-state index is 12.2. The van der Waals surface area contributed by atoms with Crippen LogP contribution in [0.1, 0.15) is 30.7 Å². The second-order valence-electron chi connectivity index (χ2n) is 6.66. The maximum atomic E-state index is 12.2. The Balaban J connectivity index is 1.90. The fourth-order valence-electron chi connectivity index (χ4n) is 2.53. The zero-order valence-corrected chi connectivity index (χ0v) is 16.7. The summed E-state index contributed by atoms with van der Waals surface area (Å²) in [4.78, 5) is 8.96. The molecule has 5 nitrogen and oxygen atoms in total. The van der Waals surface area contributed by atoms with Gasteiger partial charge in [-0.05, 0) is 56.5 Å². The number of aryl methyl sites for hydroxylation is 1. The fraction of sp³-hybridized carbons (Fsp3) is 0.182. The van der Waals surface area contributed by atoms with Gasteiger partial charge in [-0.2, -0.15) is 0 Å². The average molecular weight is 392 g/mol. The van der Waals surface area contributed by atoms with Crippen molar-refractivity contribution < 1.29 is 13.5 Å². The van der Waals surface area contributed by atoms with Gasteiger partial charge in [0.05, 0.1) is 28.2 Å². The van der Waals surface area contributed by atoms with Crippen molar-refractivity contribution in [1.82, 2.24) is 9.97 Å². The number of rotatable bonds is 3. The lowest BCUT2D eigenvalue weighted by molar-refractivity contribution is 0.475. The van der Waals surface area contributed by atoms with Crippen LogP contribution in [-0.2, 0) is 9.84 Å². The highest BCUT2D eigenvalue weighted by molar-refractivity contribution is 7.92. The Hall–Kier alpha value is -3.17. The van der Waals surface area contributed by atoms with Crippen LogP contribution in [0, 0.1) is 18.8 Å². The van der Waals surface area contributed by atoms with Gasteiger partial charge >= 0.3 is 0 Å². The van der Waals surface area contributed by atoms with Gasteiger partial charge in [0, 0.05) is 11.1 Å². The zero-order chi connectivity index (χ0) is 20.3. The van der Waals surface area contributed by atoms with Crippen molar-refractivity contribution in [3.63, 3.8) is 0 Å². The van der Waals surface area contributed by atoms with Gasteiger partial charge < -0.3 is 5.11 Å². The molecule has 28 heavy (non-hydrogen) atoms. The first-order valence-electron chi connectivity index (χ1n) is 8.75. The van der Waals surface area contributed by atoms with Crippen molar-refractivity contribution >= 4 is 9.84 Å². The van der Waals surface area contributed by atoms with Crippen LogP contribution in [0.15, 0.2) is 59.8 Å². The first-order valence-corrected chi connectivity index (χ1v) is 10.3. The van der Waals surface area contributed by atoms with Crippen LogP contribution in [0.5, 0.6) is 5.75 Å². The van der Waals surface area contributed by atoms with Gasteiger partial charge in [-0.15, -0.1) is 0 Å². The van der Waals surface area contributed by atoms with E-state index in [2.05, 4.69) is 21.8 Å². The van der Waals surface area contributed by atoms with Crippen LogP contribution in [-0.4, -0.2) is 28.7 Å². The van der Waals surface area contributed by atoms with Crippen LogP contribution in [0.3, 0.4) is 0 Å². The van der Waals surface area contributed by atoms with Gasteiger partial charge in [0.25, 0.3) is 0 Å². The van der Waals surface area contributed by atoms with E-state index in [0.29, 0.717) is 11.4 Å². The molecule has 6 heteroatoms. The number of phenolic OH excluding ortho intramolecular Hbond substituents is 1. The highest BCUT2D eigenvalue weighted by atomic mass is 32.2. The molecule has 0 spiro atoms. The summed E-state index contributed by atoms with van der Waals surface area (Å²) in [7, 11) is -3.31. The monoisotopic (exact) mass is 392 g/mol. The van der Waals surface area contributed by atoms with Crippen LogP contribution in [0.4, 0.5) is 0 Å². The summed E-state index contributed by atoms with van der Waals surface area (Å²) in [5.41, 5.74) is 3.52. The van der Waals surface area contributed by atoms with Gasteiger partial charge in [-0.25, -0.2) is 13.4 Å². The van der Waals surface area contributed by atoms with Gasteiger partial charge in [0.2, 0.25) is 0 Å². The predicted molar refractivity (Wildman–Crippen MR) is 109 cm³/mol. The highest BCUT2D eigenvalue weighted by Crippen LogP contribution is 2.21. The average Bonchev–Trinajstić information content (AvgIpc) is 2.69. The van der Waals surface area contributed by atoms with E-state index in [0.717, 1.165) is 16.7 Å². The van der Waals surface area contributed by atoms with Crippen LogP contribution in [0.25, 0.3) is 11.3 Å². The van der Waals surface area contributed by atoms with E-state index >= 15 is 0 Å². The van der Waals surface area contributed by atoms with Crippen molar-refractivity contribution in [2.75, 3.05) is 0 Å². The number of phenols is 1. The molecule has 1 heterocycles. The van der Waals surface area contributed by atoms with E-state index in [9.17, 15) is 13.5 Å². The third-order valence-electron chi connectivity index (χ3n) is 4.28. The molecule has 2 aromatic carbocycles. The SMILES string of the molecule is Cc1ccc(O)cc1C#Cc1cncc(-c2ccc(S(=O)(=O)C(C)C)cc2)n1. The lowest BCUT2D eigenvalue weighted by Crippen LogP contribution is -2.13.